The molecule has 0 saturated carbocycles. The van der Waals surface area contributed by atoms with Gasteiger partial charge in [-0.25, -0.2) is 9.59 Å². The van der Waals surface area contributed by atoms with Crippen LogP contribution in [0.2, 0.25) is 0 Å². The summed E-state index contributed by atoms with van der Waals surface area (Å²) >= 11 is 0. The molecule has 23 heavy (non-hydrogen) atoms. The first-order chi connectivity index (χ1) is 11.0. The van der Waals surface area contributed by atoms with Gasteiger partial charge in [0, 0.05) is 26.3 Å². The molecular weight excluding hydrogens is 296 g/mol. The molecule has 2 amide bonds. The summed E-state index contributed by atoms with van der Waals surface area (Å²) < 4.78 is 10.1. The fourth-order valence-corrected chi connectivity index (χ4v) is 1.82. The Morgan fingerprint density at radius 3 is 2.43 bits per heavy atom. The van der Waals surface area contributed by atoms with Crippen LogP contribution in [0.15, 0.2) is 24.3 Å². The van der Waals surface area contributed by atoms with Crippen LogP contribution in [-0.2, 0) is 16.0 Å². The van der Waals surface area contributed by atoms with Crippen LogP contribution < -0.4 is 10.6 Å². The minimum atomic E-state index is -0.373. The van der Waals surface area contributed by atoms with E-state index in [0.717, 1.165) is 18.6 Å². The molecule has 1 aromatic carbocycles. The Morgan fingerprint density at radius 2 is 1.83 bits per heavy atom. The first-order valence-electron chi connectivity index (χ1n) is 7.79. The van der Waals surface area contributed by atoms with Crippen LogP contribution in [0.4, 0.5) is 4.79 Å². The quantitative estimate of drug-likeness (QED) is 0.540. The van der Waals surface area contributed by atoms with Gasteiger partial charge in [-0.15, -0.1) is 0 Å². The van der Waals surface area contributed by atoms with Crippen LogP contribution >= 0.6 is 0 Å². The molecular formula is C17H26N2O4. The molecule has 1 aromatic rings. The van der Waals surface area contributed by atoms with Gasteiger partial charge in [0.1, 0.15) is 0 Å². The van der Waals surface area contributed by atoms with Crippen molar-refractivity contribution in [2.45, 2.75) is 26.8 Å². The van der Waals surface area contributed by atoms with E-state index in [1.807, 2.05) is 0 Å². The van der Waals surface area contributed by atoms with Crippen LogP contribution in [0.1, 0.15) is 36.2 Å². The number of amides is 2. The molecule has 0 aliphatic carbocycles. The van der Waals surface area contributed by atoms with E-state index < -0.39 is 0 Å². The first kappa shape index (κ1) is 19.0. The number of ether oxygens (including phenoxy) is 2. The first-order valence-corrected chi connectivity index (χ1v) is 7.79. The zero-order valence-electron chi connectivity index (χ0n) is 14.1. The van der Waals surface area contributed by atoms with Crippen molar-refractivity contribution in [3.05, 3.63) is 35.4 Å². The monoisotopic (exact) mass is 322 g/mol. The second-order valence-corrected chi connectivity index (χ2v) is 5.62. The molecule has 128 valence electrons. The lowest BCUT2D eigenvalue weighted by Crippen LogP contribution is -2.35. The van der Waals surface area contributed by atoms with E-state index in [1.165, 1.54) is 7.11 Å². The molecule has 0 bridgehead atoms. The Hall–Kier alpha value is -2.08. The van der Waals surface area contributed by atoms with Crippen LogP contribution in [0.25, 0.3) is 0 Å². The summed E-state index contributed by atoms with van der Waals surface area (Å²) in [7, 11) is 1.34. The van der Waals surface area contributed by atoms with Crippen LogP contribution in [0, 0.1) is 5.92 Å². The third-order valence-electron chi connectivity index (χ3n) is 3.03. The van der Waals surface area contributed by atoms with Crippen molar-refractivity contribution >= 4 is 12.0 Å². The van der Waals surface area contributed by atoms with Crippen LogP contribution in [0.3, 0.4) is 0 Å². The number of methoxy groups -OCH3 is 1. The standard InChI is InChI=1S/C17H26N2O4/c1-13(2)12-23-10-4-9-18-17(21)19-11-14-5-7-15(8-6-14)16(20)22-3/h5-8,13H,4,9-12H2,1-3H3,(H2,18,19,21). The summed E-state index contributed by atoms with van der Waals surface area (Å²) in [6.45, 7) is 6.57. The molecule has 0 aromatic heterocycles. The Morgan fingerprint density at radius 1 is 1.13 bits per heavy atom. The zero-order valence-corrected chi connectivity index (χ0v) is 14.1. The van der Waals surface area contributed by atoms with Gasteiger partial charge in [-0.05, 0) is 30.0 Å². The number of benzene rings is 1. The molecule has 0 fully saturated rings. The van der Waals surface area contributed by atoms with Crippen molar-refractivity contribution in [1.82, 2.24) is 10.6 Å². The predicted molar refractivity (Wildman–Crippen MR) is 88.3 cm³/mol. The number of carbonyl (C=O) groups excluding carboxylic acids is 2. The Bertz CT molecular complexity index is 486. The summed E-state index contributed by atoms with van der Waals surface area (Å²) in [5, 5.41) is 5.54. The van der Waals surface area contributed by atoms with Gasteiger partial charge in [-0.1, -0.05) is 26.0 Å². The lowest BCUT2D eigenvalue weighted by atomic mass is 10.1. The van der Waals surface area contributed by atoms with E-state index in [2.05, 4.69) is 29.2 Å². The van der Waals surface area contributed by atoms with E-state index in [9.17, 15) is 9.59 Å². The zero-order chi connectivity index (χ0) is 17.1. The number of carbonyl (C=O) groups is 2. The van der Waals surface area contributed by atoms with E-state index in [4.69, 9.17) is 4.74 Å². The third-order valence-corrected chi connectivity index (χ3v) is 3.03. The maximum Gasteiger partial charge on any atom is 0.337 e. The molecule has 0 saturated heterocycles. The van der Waals surface area contributed by atoms with Crippen molar-refractivity contribution in [1.29, 1.82) is 0 Å². The summed E-state index contributed by atoms with van der Waals surface area (Å²) in [5.41, 5.74) is 1.40. The number of hydrogen-bond acceptors (Lipinski definition) is 4. The average Bonchev–Trinajstić information content (AvgIpc) is 2.55. The smallest absolute Gasteiger partial charge is 0.337 e. The Labute approximate surface area is 137 Å². The Kier molecular flexibility index (Phi) is 8.75. The molecule has 0 atom stereocenters. The summed E-state index contributed by atoms with van der Waals surface area (Å²) in [4.78, 5) is 23.0. The number of nitrogens with one attached hydrogen (secondary N) is 2. The minimum absolute atomic E-state index is 0.217. The molecule has 2 N–H and O–H groups in total. The fourth-order valence-electron chi connectivity index (χ4n) is 1.82. The molecule has 1 rings (SSSR count). The molecule has 0 aliphatic rings. The van der Waals surface area contributed by atoms with Crippen molar-refractivity contribution in [2.24, 2.45) is 5.92 Å². The molecule has 6 nitrogen and oxygen atoms in total. The van der Waals surface area contributed by atoms with Gasteiger partial charge in [0.05, 0.1) is 12.7 Å². The number of hydrogen-bond donors (Lipinski definition) is 2. The summed E-state index contributed by atoms with van der Waals surface area (Å²) in [6.07, 6.45) is 0.786. The van der Waals surface area contributed by atoms with Gasteiger partial charge < -0.3 is 20.1 Å². The van der Waals surface area contributed by atoms with Gasteiger partial charge in [0.25, 0.3) is 0 Å². The molecule has 0 radical (unpaired) electrons. The number of esters is 1. The maximum atomic E-state index is 11.6. The highest BCUT2D eigenvalue weighted by molar-refractivity contribution is 5.89. The molecule has 6 heteroatoms. The van der Waals surface area contributed by atoms with Crippen LogP contribution in [0.5, 0.6) is 0 Å². The second-order valence-electron chi connectivity index (χ2n) is 5.62. The van der Waals surface area contributed by atoms with Crippen LogP contribution in [-0.4, -0.2) is 38.9 Å². The lowest BCUT2D eigenvalue weighted by molar-refractivity contribution is 0.0600. The summed E-state index contributed by atoms with van der Waals surface area (Å²) in [5.74, 6) is 0.152. The van der Waals surface area contributed by atoms with Crippen molar-refractivity contribution in [3.8, 4) is 0 Å². The Balaban J connectivity index is 2.17. The SMILES string of the molecule is COC(=O)c1ccc(CNC(=O)NCCCOCC(C)C)cc1. The largest absolute Gasteiger partial charge is 0.465 e. The maximum absolute atomic E-state index is 11.6. The van der Waals surface area contributed by atoms with E-state index in [-0.39, 0.29) is 12.0 Å². The van der Waals surface area contributed by atoms with Crippen molar-refractivity contribution in [3.63, 3.8) is 0 Å². The average molecular weight is 322 g/mol. The van der Waals surface area contributed by atoms with Gasteiger partial charge in [-0.3, -0.25) is 0 Å². The predicted octanol–water partition coefficient (Wildman–Crippen LogP) is 2.34. The lowest BCUT2D eigenvalue weighted by Gasteiger charge is -2.09. The van der Waals surface area contributed by atoms with E-state index in [1.54, 1.807) is 24.3 Å². The van der Waals surface area contributed by atoms with Crippen molar-refractivity contribution in [2.75, 3.05) is 26.9 Å². The second kappa shape index (κ2) is 10.6. The number of urea groups is 1. The topological polar surface area (TPSA) is 76.7 Å². The fraction of sp³-hybridized carbons (Fsp3) is 0.529. The molecule has 0 unspecified atom stereocenters. The molecule has 0 heterocycles. The van der Waals surface area contributed by atoms with Gasteiger partial charge in [0.2, 0.25) is 0 Å². The molecule has 0 spiro atoms. The highest BCUT2D eigenvalue weighted by Crippen LogP contribution is 2.05. The van der Waals surface area contributed by atoms with Gasteiger partial charge in [0.15, 0.2) is 0 Å². The highest BCUT2D eigenvalue weighted by atomic mass is 16.5. The van der Waals surface area contributed by atoms with E-state index >= 15 is 0 Å². The number of rotatable bonds is 9. The third kappa shape index (κ3) is 8.21. The summed E-state index contributed by atoms with van der Waals surface area (Å²) in [6, 6.07) is 6.70. The van der Waals surface area contributed by atoms with Crippen molar-refractivity contribution < 1.29 is 19.1 Å². The minimum Gasteiger partial charge on any atom is -0.465 e. The van der Waals surface area contributed by atoms with Gasteiger partial charge in [-0.2, -0.15) is 0 Å². The molecule has 0 aliphatic heterocycles. The highest BCUT2D eigenvalue weighted by Gasteiger charge is 2.05. The van der Waals surface area contributed by atoms with Gasteiger partial charge >= 0.3 is 12.0 Å². The normalized spacial score (nSPS) is 10.4. The van der Waals surface area contributed by atoms with E-state index in [0.29, 0.717) is 31.2 Å².